The first-order chi connectivity index (χ1) is 10.2. The third-order valence-corrected chi connectivity index (χ3v) is 3.63. The molecule has 0 atom stereocenters. The number of hydrogen-bond donors (Lipinski definition) is 2. The van der Waals surface area contributed by atoms with Gasteiger partial charge in [0, 0.05) is 17.3 Å². The van der Waals surface area contributed by atoms with Crippen LogP contribution in [0.1, 0.15) is 39.0 Å². The highest BCUT2D eigenvalue weighted by atomic mass is 16.5. The zero-order valence-corrected chi connectivity index (χ0v) is 12.4. The van der Waals surface area contributed by atoms with Crippen LogP contribution < -0.4 is 10.6 Å². The van der Waals surface area contributed by atoms with Crippen molar-refractivity contribution in [1.82, 2.24) is 0 Å². The van der Waals surface area contributed by atoms with Crippen LogP contribution in [0, 0.1) is 5.92 Å². The van der Waals surface area contributed by atoms with Gasteiger partial charge in [-0.15, -0.1) is 0 Å². The molecule has 1 aromatic carbocycles. The van der Waals surface area contributed by atoms with Crippen molar-refractivity contribution in [3.05, 3.63) is 24.3 Å². The monoisotopic (exact) mass is 290 g/mol. The molecule has 114 valence electrons. The van der Waals surface area contributed by atoms with Crippen molar-refractivity contribution >= 4 is 23.4 Å². The first-order valence-electron chi connectivity index (χ1n) is 7.53. The van der Waals surface area contributed by atoms with Crippen molar-refractivity contribution in [2.75, 3.05) is 17.2 Å². The van der Waals surface area contributed by atoms with Crippen molar-refractivity contribution in [2.45, 2.75) is 39.0 Å². The quantitative estimate of drug-likeness (QED) is 0.887. The topological polar surface area (TPSA) is 67.4 Å². The van der Waals surface area contributed by atoms with Gasteiger partial charge in [-0.1, -0.05) is 25.3 Å². The molecule has 0 aliphatic heterocycles. The summed E-state index contributed by atoms with van der Waals surface area (Å²) in [5.74, 6) is 0.184. The van der Waals surface area contributed by atoms with Gasteiger partial charge in [0.25, 0.3) is 0 Å². The molecule has 0 unspecified atom stereocenters. The molecule has 1 aromatic rings. The second-order valence-corrected chi connectivity index (χ2v) is 5.25. The summed E-state index contributed by atoms with van der Waals surface area (Å²) in [6.07, 6.45) is 4.92. The fraction of sp³-hybridized carbons (Fsp3) is 0.500. The average molecular weight is 290 g/mol. The fourth-order valence-corrected chi connectivity index (χ4v) is 2.57. The van der Waals surface area contributed by atoms with Crippen LogP contribution in [-0.2, 0) is 9.53 Å². The van der Waals surface area contributed by atoms with E-state index in [1.165, 1.54) is 6.42 Å². The molecule has 2 N–H and O–H groups in total. The molecule has 2 amide bonds. The summed E-state index contributed by atoms with van der Waals surface area (Å²) in [6, 6.07) is 7.10. The predicted octanol–water partition coefficient (Wildman–Crippen LogP) is 3.77. The summed E-state index contributed by atoms with van der Waals surface area (Å²) >= 11 is 0. The number of nitrogens with one attached hydrogen (secondary N) is 2. The van der Waals surface area contributed by atoms with E-state index in [9.17, 15) is 9.59 Å². The standard InChI is InChI=1S/C16H22N2O3/c1-2-21-16(20)18-14-10-6-9-13(11-14)17-15(19)12-7-4-3-5-8-12/h6,9-12H,2-5,7-8H2,1H3,(H,17,19)(H,18,20). The third-order valence-electron chi connectivity index (χ3n) is 3.63. The number of amides is 2. The predicted molar refractivity (Wildman–Crippen MR) is 82.3 cm³/mol. The molecule has 0 heterocycles. The Hall–Kier alpha value is -2.04. The Morgan fingerprint density at radius 3 is 2.48 bits per heavy atom. The van der Waals surface area contributed by atoms with Gasteiger partial charge >= 0.3 is 6.09 Å². The SMILES string of the molecule is CCOC(=O)Nc1cccc(NC(=O)C2CCCCC2)c1. The van der Waals surface area contributed by atoms with Gasteiger partial charge in [-0.05, 0) is 38.0 Å². The minimum atomic E-state index is -0.492. The molecule has 1 aliphatic carbocycles. The second-order valence-electron chi connectivity index (χ2n) is 5.25. The highest BCUT2D eigenvalue weighted by molar-refractivity contribution is 5.93. The number of anilines is 2. The van der Waals surface area contributed by atoms with E-state index in [0.717, 1.165) is 25.7 Å². The Morgan fingerprint density at radius 1 is 1.14 bits per heavy atom. The molecule has 5 nitrogen and oxygen atoms in total. The van der Waals surface area contributed by atoms with E-state index in [1.807, 2.05) is 6.07 Å². The number of rotatable bonds is 4. The normalized spacial score (nSPS) is 15.3. The van der Waals surface area contributed by atoms with E-state index in [-0.39, 0.29) is 11.8 Å². The maximum absolute atomic E-state index is 12.2. The van der Waals surface area contributed by atoms with Crippen molar-refractivity contribution in [2.24, 2.45) is 5.92 Å². The molecule has 1 aliphatic rings. The first kappa shape index (κ1) is 15.4. The Bertz CT molecular complexity index is 496. The summed E-state index contributed by atoms with van der Waals surface area (Å²) < 4.78 is 4.82. The van der Waals surface area contributed by atoms with E-state index < -0.39 is 6.09 Å². The number of benzene rings is 1. The Labute approximate surface area is 125 Å². The lowest BCUT2D eigenvalue weighted by Crippen LogP contribution is -2.24. The summed E-state index contributed by atoms with van der Waals surface area (Å²) in [4.78, 5) is 23.6. The van der Waals surface area contributed by atoms with Gasteiger partial charge in [-0.2, -0.15) is 0 Å². The molecule has 5 heteroatoms. The van der Waals surface area contributed by atoms with Gasteiger partial charge in [0.2, 0.25) is 5.91 Å². The highest BCUT2D eigenvalue weighted by Crippen LogP contribution is 2.25. The summed E-state index contributed by atoms with van der Waals surface area (Å²) in [5.41, 5.74) is 1.30. The van der Waals surface area contributed by atoms with E-state index in [1.54, 1.807) is 25.1 Å². The summed E-state index contributed by atoms with van der Waals surface area (Å²) in [5, 5.41) is 5.55. The number of carbonyl (C=O) groups excluding carboxylic acids is 2. The molecule has 21 heavy (non-hydrogen) atoms. The van der Waals surface area contributed by atoms with Crippen LogP contribution in [0.4, 0.5) is 16.2 Å². The summed E-state index contributed by atoms with van der Waals surface area (Å²) in [6.45, 7) is 2.07. The van der Waals surface area contributed by atoms with Crippen LogP contribution in [0.15, 0.2) is 24.3 Å². The molecule has 0 saturated heterocycles. The van der Waals surface area contributed by atoms with E-state index >= 15 is 0 Å². The van der Waals surface area contributed by atoms with Gasteiger partial charge in [-0.25, -0.2) is 4.79 Å². The maximum atomic E-state index is 12.2. The van der Waals surface area contributed by atoms with Crippen LogP contribution >= 0.6 is 0 Å². The molecule has 2 rings (SSSR count). The molecule has 0 spiro atoms. The molecule has 0 radical (unpaired) electrons. The summed E-state index contributed by atoms with van der Waals surface area (Å²) in [7, 11) is 0. The van der Waals surface area contributed by atoms with E-state index in [2.05, 4.69) is 10.6 Å². The average Bonchev–Trinajstić information content (AvgIpc) is 2.48. The van der Waals surface area contributed by atoms with Gasteiger partial charge in [0.05, 0.1) is 6.61 Å². The number of hydrogen-bond acceptors (Lipinski definition) is 3. The van der Waals surface area contributed by atoms with Gasteiger partial charge in [0.1, 0.15) is 0 Å². The second kappa shape index (κ2) is 7.67. The minimum Gasteiger partial charge on any atom is -0.450 e. The Balaban J connectivity index is 1.93. The van der Waals surface area contributed by atoms with Crippen molar-refractivity contribution < 1.29 is 14.3 Å². The lowest BCUT2D eigenvalue weighted by molar-refractivity contribution is -0.120. The van der Waals surface area contributed by atoms with Crippen LogP contribution in [0.2, 0.25) is 0 Å². The number of ether oxygens (including phenoxy) is 1. The van der Waals surface area contributed by atoms with Crippen LogP contribution in [0.25, 0.3) is 0 Å². The van der Waals surface area contributed by atoms with Gasteiger partial charge < -0.3 is 10.1 Å². The molecular formula is C16H22N2O3. The minimum absolute atomic E-state index is 0.0722. The van der Waals surface area contributed by atoms with E-state index in [4.69, 9.17) is 4.74 Å². The van der Waals surface area contributed by atoms with Crippen molar-refractivity contribution in [3.63, 3.8) is 0 Å². The Morgan fingerprint density at radius 2 is 1.81 bits per heavy atom. The number of carbonyl (C=O) groups is 2. The zero-order valence-electron chi connectivity index (χ0n) is 12.4. The fourth-order valence-electron chi connectivity index (χ4n) is 2.57. The molecule has 0 bridgehead atoms. The maximum Gasteiger partial charge on any atom is 0.411 e. The highest BCUT2D eigenvalue weighted by Gasteiger charge is 2.21. The first-order valence-corrected chi connectivity index (χ1v) is 7.53. The van der Waals surface area contributed by atoms with Gasteiger partial charge in [0.15, 0.2) is 0 Å². The van der Waals surface area contributed by atoms with E-state index in [0.29, 0.717) is 18.0 Å². The van der Waals surface area contributed by atoms with Crippen LogP contribution in [0.5, 0.6) is 0 Å². The molecule has 0 aromatic heterocycles. The largest absolute Gasteiger partial charge is 0.450 e. The smallest absolute Gasteiger partial charge is 0.411 e. The lowest BCUT2D eigenvalue weighted by atomic mass is 9.88. The van der Waals surface area contributed by atoms with Crippen LogP contribution in [0.3, 0.4) is 0 Å². The molecule has 1 saturated carbocycles. The zero-order chi connectivity index (χ0) is 15.1. The lowest BCUT2D eigenvalue weighted by Gasteiger charge is -2.20. The van der Waals surface area contributed by atoms with Crippen molar-refractivity contribution in [1.29, 1.82) is 0 Å². The Kier molecular flexibility index (Phi) is 5.60. The third kappa shape index (κ3) is 4.77. The van der Waals surface area contributed by atoms with Crippen molar-refractivity contribution in [3.8, 4) is 0 Å². The molecular weight excluding hydrogens is 268 g/mol. The molecule has 1 fully saturated rings. The van der Waals surface area contributed by atoms with Crippen LogP contribution in [-0.4, -0.2) is 18.6 Å². The van der Waals surface area contributed by atoms with Gasteiger partial charge in [-0.3, -0.25) is 10.1 Å².